The molecule has 0 heterocycles. The van der Waals surface area contributed by atoms with Crippen LogP contribution in [0.1, 0.15) is 26.3 Å². The van der Waals surface area contributed by atoms with Crippen molar-refractivity contribution in [1.82, 2.24) is 0 Å². The third kappa shape index (κ3) is 2.42. The summed E-state index contributed by atoms with van der Waals surface area (Å²) in [6.07, 6.45) is 2.20. The second kappa shape index (κ2) is 4.82. The molecule has 1 aromatic rings. The van der Waals surface area contributed by atoms with Crippen molar-refractivity contribution in [3.63, 3.8) is 0 Å². The number of aldehydes is 2. The molecule has 0 fully saturated rings. The fourth-order valence-corrected chi connectivity index (χ4v) is 1.38. The van der Waals surface area contributed by atoms with Gasteiger partial charge in [0.15, 0.2) is 12.6 Å². The summed E-state index contributed by atoms with van der Waals surface area (Å²) in [7, 11) is 0. The summed E-state index contributed by atoms with van der Waals surface area (Å²) in [6, 6.07) is 5.23. The Kier molecular flexibility index (Phi) is 3.71. The summed E-state index contributed by atoms with van der Waals surface area (Å²) in [6.45, 7) is 0. The lowest BCUT2D eigenvalue weighted by Crippen LogP contribution is -1.94. The molecule has 0 radical (unpaired) electrons. The minimum atomic E-state index is 0.443. The molecule has 0 aliphatic heterocycles. The Morgan fingerprint density at radius 2 is 1.85 bits per heavy atom. The summed E-state index contributed by atoms with van der Waals surface area (Å²) in [5, 5.41) is 0. The first-order valence-electron chi connectivity index (χ1n) is 3.96. The molecule has 0 spiro atoms. The van der Waals surface area contributed by atoms with Gasteiger partial charge < -0.3 is 0 Å². The predicted molar refractivity (Wildman–Crippen MR) is 54.8 cm³/mol. The number of benzene rings is 1. The Labute approximate surface area is 82.4 Å². The van der Waals surface area contributed by atoms with Crippen LogP contribution in [0.4, 0.5) is 0 Å². The smallest absolute Gasteiger partial charge is 0.150 e. The van der Waals surface area contributed by atoms with Crippen molar-refractivity contribution in [3.05, 3.63) is 34.9 Å². The maximum absolute atomic E-state index is 10.6. The predicted octanol–water partition coefficient (Wildman–Crippen LogP) is 1.78. The SMILES string of the molecule is O=Cc1ccc(CCS)cc1C=O. The second-order valence-electron chi connectivity index (χ2n) is 2.67. The molecule has 13 heavy (non-hydrogen) atoms. The first-order chi connectivity index (χ1) is 6.31. The highest BCUT2D eigenvalue weighted by Crippen LogP contribution is 2.09. The van der Waals surface area contributed by atoms with E-state index in [0.717, 1.165) is 17.7 Å². The quantitative estimate of drug-likeness (QED) is 0.585. The molecule has 0 aliphatic carbocycles. The van der Waals surface area contributed by atoms with Crippen LogP contribution in [0.5, 0.6) is 0 Å². The molecule has 2 nitrogen and oxygen atoms in total. The molecular weight excluding hydrogens is 184 g/mol. The fraction of sp³-hybridized carbons (Fsp3) is 0.200. The van der Waals surface area contributed by atoms with Gasteiger partial charge in [0.1, 0.15) is 0 Å². The van der Waals surface area contributed by atoms with Crippen LogP contribution in [0, 0.1) is 0 Å². The molecule has 0 unspecified atom stereocenters. The maximum Gasteiger partial charge on any atom is 0.150 e. The monoisotopic (exact) mass is 194 g/mol. The van der Waals surface area contributed by atoms with E-state index in [9.17, 15) is 9.59 Å². The van der Waals surface area contributed by atoms with Gasteiger partial charge in [-0.2, -0.15) is 12.6 Å². The molecule has 0 atom stereocenters. The van der Waals surface area contributed by atoms with E-state index in [1.54, 1.807) is 12.1 Å². The van der Waals surface area contributed by atoms with Gasteiger partial charge in [-0.3, -0.25) is 9.59 Å². The molecule has 3 heteroatoms. The Bertz CT molecular complexity index is 321. The van der Waals surface area contributed by atoms with E-state index in [0.29, 0.717) is 23.7 Å². The topological polar surface area (TPSA) is 34.1 Å². The van der Waals surface area contributed by atoms with Gasteiger partial charge in [0.2, 0.25) is 0 Å². The second-order valence-corrected chi connectivity index (χ2v) is 3.12. The van der Waals surface area contributed by atoms with Crippen molar-refractivity contribution < 1.29 is 9.59 Å². The third-order valence-corrected chi connectivity index (χ3v) is 2.03. The molecule has 1 rings (SSSR count). The zero-order valence-corrected chi connectivity index (χ0v) is 7.96. The Morgan fingerprint density at radius 1 is 1.15 bits per heavy atom. The Balaban J connectivity index is 3.05. The maximum atomic E-state index is 10.6. The molecule has 0 saturated heterocycles. The number of hydrogen-bond acceptors (Lipinski definition) is 3. The molecule has 0 saturated carbocycles. The number of thiol groups is 1. The minimum Gasteiger partial charge on any atom is -0.298 e. The zero-order valence-electron chi connectivity index (χ0n) is 7.06. The van der Waals surface area contributed by atoms with Gasteiger partial charge >= 0.3 is 0 Å². The van der Waals surface area contributed by atoms with Crippen molar-refractivity contribution in [1.29, 1.82) is 0 Å². The third-order valence-electron chi connectivity index (χ3n) is 1.81. The van der Waals surface area contributed by atoms with Crippen molar-refractivity contribution in [2.75, 3.05) is 5.75 Å². The highest BCUT2D eigenvalue weighted by molar-refractivity contribution is 7.80. The molecule has 0 aliphatic rings. The lowest BCUT2D eigenvalue weighted by Gasteiger charge is -2.01. The summed E-state index contributed by atoms with van der Waals surface area (Å²) >= 11 is 4.09. The highest BCUT2D eigenvalue weighted by Gasteiger charge is 2.01. The van der Waals surface area contributed by atoms with Crippen LogP contribution in [0.3, 0.4) is 0 Å². The molecule has 0 bridgehead atoms. The van der Waals surface area contributed by atoms with Crippen molar-refractivity contribution in [2.24, 2.45) is 0 Å². The van der Waals surface area contributed by atoms with Crippen molar-refractivity contribution in [3.8, 4) is 0 Å². The van der Waals surface area contributed by atoms with Crippen LogP contribution in [-0.2, 0) is 6.42 Å². The van der Waals surface area contributed by atoms with E-state index in [1.807, 2.05) is 6.07 Å². The molecule has 0 aromatic heterocycles. The zero-order chi connectivity index (χ0) is 9.68. The van der Waals surface area contributed by atoms with Crippen LogP contribution >= 0.6 is 12.6 Å². The average molecular weight is 194 g/mol. The summed E-state index contributed by atoms with van der Waals surface area (Å²) in [5.41, 5.74) is 1.93. The number of hydrogen-bond donors (Lipinski definition) is 1. The standard InChI is InChI=1S/C10H10O2S/c11-6-9-2-1-8(3-4-13)5-10(9)7-12/h1-2,5-7,13H,3-4H2. The van der Waals surface area contributed by atoms with E-state index in [-0.39, 0.29) is 0 Å². The van der Waals surface area contributed by atoms with Crippen LogP contribution < -0.4 is 0 Å². The first kappa shape index (κ1) is 9.99. The van der Waals surface area contributed by atoms with Gasteiger partial charge in [-0.25, -0.2) is 0 Å². The van der Waals surface area contributed by atoms with E-state index in [1.165, 1.54) is 0 Å². The molecule has 68 valence electrons. The summed E-state index contributed by atoms with van der Waals surface area (Å²) < 4.78 is 0. The van der Waals surface area contributed by atoms with Crippen LogP contribution in [0.15, 0.2) is 18.2 Å². The van der Waals surface area contributed by atoms with Gasteiger partial charge in [-0.1, -0.05) is 12.1 Å². The van der Waals surface area contributed by atoms with E-state index >= 15 is 0 Å². The van der Waals surface area contributed by atoms with Crippen LogP contribution in [0.2, 0.25) is 0 Å². The fourth-order valence-electron chi connectivity index (χ4n) is 1.12. The Morgan fingerprint density at radius 3 is 2.38 bits per heavy atom. The number of rotatable bonds is 4. The molecule has 0 amide bonds. The van der Waals surface area contributed by atoms with Gasteiger partial charge in [0.05, 0.1) is 0 Å². The lowest BCUT2D eigenvalue weighted by atomic mass is 10.0. The van der Waals surface area contributed by atoms with E-state index < -0.39 is 0 Å². The van der Waals surface area contributed by atoms with Gasteiger partial charge in [-0.15, -0.1) is 0 Å². The van der Waals surface area contributed by atoms with E-state index in [2.05, 4.69) is 12.6 Å². The van der Waals surface area contributed by atoms with Gasteiger partial charge in [-0.05, 0) is 23.8 Å². The Hall–Kier alpha value is -1.09. The minimum absolute atomic E-state index is 0.443. The highest BCUT2D eigenvalue weighted by atomic mass is 32.1. The summed E-state index contributed by atoms with van der Waals surface area (Å²) in [5.74, 6) is 0.735. The van der Waals surface area contributed by atoms with Crippen molar-refractivity contribution >= 4 is 25.2 Å². The van der Waals surface area contributed by atoms with Gasteiger partial charge in [0.25, 0.3) is 0 Å². The van der Waals surface area contributed by atoms with Crippen LogP contribution in [0.25, 0.3) is 0 Å². The molecular formula is C10H10O2S. The van der Waals surface area contributed by atoms with Crippen LogP contribution in [-0.4, -0.2) is 18.3 Å². The largest absolute Gasteiger partial charge is 0.298 e. The molecule has 1 aromatic carbocycles. The number of carbonyl (C=O) groups is 2. The lowest BCUT2D eigenvalue weighted by molar-refractivity contribution is 0.109. The van der Waals surface area contributed by atoms with E-state index in [4.69, 9.17) is 0 Å². The van der Waals surface area contributed by atoms with Gasteiger partial charge in [0, 0.05) is 11.1 Å². The number of aryl methyl sites for hydroxylation is 1. The average Bonchev–Trinajstić information content (AvgIpc) is 2.18. The number of carbonyl (C=O) groups excluding carboxylic acids is 2. The first-order valence-corrected chi connectivity index (χ1v) is 4.59. The molecule has 0 N–H and O–H groups in total. The normalized spacial score (nSPS) is 9.62. The summed E-state index contributed by atoms with van der Waals surface area (Å²) in [4.78, 5) is 21.0. The van der Waals surface area contributed by atoms with Crippen molar-refractivity contribution in [2.45, 2.75) is 6.42 Å².